The Morgan fingerprint density at radius 2 is 1.87 bits per heavy atom. The van der Waals surface area contributed by atoms with E-state index in [1.54, 1.807) is 0 Å². The molecule has 1 heterocycles. The summed E-state index contributed by atoms with van der Waals surface area (Å²) in [5.74, 6) is 1.82. The first-order valence-electron chi connectivity index (χ1n) is 5.68. The molecule has 1 N–H and O–H groups in total. The van der Waals surface area contributed by atoms with Crippen molar-refractivity contribution in [3.63, 3.8) is 0 Å². The SMILES string of the molecule is Cc1cc(NC2(C)CCCC2)nc(C)n1. The smallest absolute Gasteiger partial charge is 0.130 e. The van der Waals surface area contributed by atoms with Gasteiger partial charge in [0.2, 0.25) is 0 Å². The van der Waals surface area contributed by atoms with Gasteiger partial charge in [0.15, 0.2) is 0 Å². The summed E-state index contributed by atoms with van der Waals surface area (Å²) in [5, 5.41) is 3.55. The Labute approximate surface area is 91.3 Å². The number of hydrogen-bond acceptors (Lipinski definition) is 3. The lowest BCUT2D eigenvalue weighted by atomic mass is 10.0. The second-order valence-corrected chi connectivity index (χ2v) is 4.83. The van der Waals surface area contributed by atoms with E-state index in [-0.39, 0.29) is 5.54 Å². The average Bonchev–Trinajstić information content (AvgIpc) is 2.49. The number of nitrogens with one attached hydrogen (secondary N) is 1. The third-order valence-electron chi connectivity index (χ3n) is 3.10. The molecule has 0 aliphatic heterocycles. The molecule has 1 aliphatic carbocycles. The fourth-order valence-electron chi connectivity index (χ4n) is 2.37. The van der Waals surface area contributed by atoms with Crippen molar-refractivity contribution in [3.8, 4) is 0 Å². The van der Waals surface area contributed by atoms with Crippen LogP contribution in [-0.4, -0.2) is 15.5 Å². The summed E-state index contributed by atoms with van der Waals surface area (Å²) in [6.07, 6.45) is 5.14. The van der Waals surface area contributed by atoms with Crippen LogP contribution in [0.5, 0.6) is 0 Å². The van der Waals surface area contributed by atoms with Crippen molar-refractivity contribution < 1.29 is 0 Å². The van der Waals surface area contributed by atoms with Gasteiger partial charge in [0.05, 0.1) is 0 Å². The van der Waals surface area contributed by atoms with E-state index in [1.807, 2.05) is 19.9 Å². The Hall–Kier alpha value is -1.12. The second kappa shape index (κ2) is 3.80. The maximum atomic E-state index is 4.42. The van der Waals surface area contributed by atoms with Gasteiger partial charge in [-0.3, -0.25) is 0 Å². The van der Waals surface area contributed by atoms with Gasteiger partial charge in [0, 0.05) is 17.3 Å². The third kappa shape index (κ3) is 2.46. The Bertz CT molecular complexity index is 334. The Kier molecular flexibility index (Phi) is 2.63. The summed E-state index contributed by atoms with van der Waals surface area (Å²) in [6.45, 7) is 6.23. The fraction of sp³-hybridized carbons (Fsp3) is 0.667. The molecule has 15 heavy (non-hydrogen) atoms. The number of aryl methyl sites for hydroxylation is 2. The molecule has 3 heteroatoms. The first kappa shape index (κ1) is 10.4. The van der Waals surface area contributed by atoms with Crippen LogP contribution in [0.15, 0.2) is 6.07 Å². The number of rotatable bonds is 2. The van der Waals surface area contributed by atoms with Crippen molar-refractivity contribution in [3.05, 3.63) is 17.6 Å². The van der Waals surface area contributed by atoms with E-state index in [9.17, 15) is 0 Å². The predicted molar refractivity (Wildman–Crippen MR) is 62.0 cm³/mol. The van der Waals surface area contributed by atoms with Gasteiger partial charge in [-0.15, -0.1) is 0 Å². The predicted octanol–water partition coefficient (Wildman–Crippen LogP) is 2.84. The highest BCUT2D eigenvalue weighted by Gasteiger charge is 2.28. The van der Waals surface area contributed by atoms with E-state index >= 15 is 0 Å². The molecule has 2 rings (SSSR count). The van der Waals surface area contributed by atoms with E-state index in [4.69, 9.17) is 0 Å². The molecule has 0 radical (unpaired) electrons. The molecule has 1 fully saturated rings. The minimum Gasteiger partial charge on any atom is -0.365 e. The van der Waals surface area contributed by atoms with E-state index in [2.05, 4.69) is 22.2 Å². The first-order valence-corrected chi connectivity index (χ1v) is 5.68. The quantitative estimate of drug-likeness (QED) is 0.806. The van der Waals surface area contributed by atoms with Crippen LogP contribution in [0.25, 0.3) is 0 Å². The first-order chi connectivity index (χ1) is 7.07. The summed E-state index contributed by atoms with van der Waals surface area (Å²) in [7, 11) is 0. The highest BCUT2D eigenvalue weighted by molar-refractivity contribution is 5.39. The zero-order valence-electron chi connectivity index (χ0n) is 9.80. The zero-order valence-corrected chi connectivity index (χ0v) is 9.80. The van der Waals surface area contributed by atoms with Crippen LogP contribution in [0.4, 0.5) is 5.82 Å². The minimum absolute atomic E-state index is 0.243. The maximum Gasteiger partial charge on any atom is 0.130 e. The number of anilines is 1. The number of aromatic nitrogens is 2. The molecule has 82 valence electrons. The molecule has 1 aliphatic rings. The molecule has 0 amide bonds. The van der Waals surface area contributed by atoms with Gasteiger partial charge in [-0.25, -0.2) is 9.97 Å². The Balaban J connectivity index is 2.16. The minimum atomic E-state index is 0.243. The van der Waals surface area contributed by atoms with E-state index in [0.717, 1.165) is 17.3 Å². The summed E-state index contributed by atoms with van der Waals surface area (Å²) in [6, 6.07) is 2.02. The molecule has 0 spiro atoms. The molecule has 0 saturated heterocycles. The van der Waals surface area contributed by atoms with Crippen molar-refractivity contribution in [2.24, 2.45) is 0 Å². The van der Waals surface area contributed by atoms with E-state index in [0.29, 0.717) is 0 Å². The van der Waals surface area contributed by atoms with Crippen molar-refractivity contribution in [2.45, 2.75) is 52.0 Å². The number of hydrogen-bond donors (Lipinski definition) is 1. The lowest BCUT2D eigenvalue weighted by molar-refractivity contribution is 0.530. The monoisotopic (exact) mass is 205 g/mol. The van der Waals surface area contributed by atoms with Crippen LogP contribution in [0.1, 0.15) is 44.1 Å². The van der Waals surface area contributed by atoms with Crippen LogP contribution < -0.4 is 5.32 Å². The van der Waals surface area contributed by atoms with Crippen LogP contribution in [-0.2, 0) is 0 Å². The summed E-state index contributed by atoms with van der Waals surface area (Å²) in [5.41, 5.74) is 1.28. The van der Waals surface area contributed by atoms with Gasteiger partial charge in [-0.05, 0) is 33.6 Å². The van der Waals surface area contributed by atoms with Crippen molar-refractivity contribution in [1.82, 2.24) is 9.97 Å². The fourth-order valence-corrected chi connectivity index (χ4v) is 2.37. The Morgan fingerprint density at radius 3 is 2.47 bits per heavy atom. The van der Waals surface area contributed by atoms with Gasteiger partial charge in [0.25, 0.3) is 0 Å². The zero-order chi connectivity index (χ0) is 10.9. The maximum absolute atomic E-state index is 4.42. The largest absolute Gasteiger partial charge is 0.365 e. The summed E-state index contributed by atoms with van der Waals surface area (Å²) in [4.78, 5) is 8.70. The van der Waals surface area contributed by atoms with Gasteiger partial charge in [-0.1, -0.05) is 12.8 Å². The van der Waals surface area contributed by atoms with Crippen LogP contribution in [0.3, 0.4) is 0 Å². The van der Waals surface area contributed by atoms with Gasteiger partial charge < -0.3 is 5.32 Å². The molecule has 1 aromatic rings. The van der Waals surface area contributed by atoms with Crippen LogP contribution >= 0.6 is 0 Å². The average molecular weight is 205 g/mol. The molecule has 1 aromatic heterocycles. The summed E-state index contributed by atoms with van der Waals surface area (Å²) < 4.78 is 0. The molecular formula is C12H19N3. The second-order valence-electron chi connectivity index (χ2n) is 4.83. The third-order valence-corrected chi connectivity index (χ3v) is 3.10. The highest BCUT2D eigenvalue weighted by atomic mass is 15.1. The highest BCUT2D eigenvalue weighted by Crippen LogP contribution is 2.31. The van der Waals surface area contributed by atoms with Gasteiger partial charge >= 0.3 is 0 Å². The normalized spacial score (nSPS) is 19.1. The molecule has 0 atom stereocenters. The van der Waals surface area contributed by atoms with Gasteiger partial charge in [0.1, 0.15) is 11.6 Å². The van der Waals surface area contributed by atoms with Crippen LogP contribution in [0, 0.1) is 13.8 Å². The Morgan fingerprint density at radius 1 is 1.20 bits per heavy atom. The van der Waals surface area contributed by atoms with Gasteiger partial charge in [-0.2, -0.15) is 0 Å². The number of nitrogens with zero attached hydrogens (tertiary/aromatic N) is 2. The molecule has 3 nitrogen and oxygen atoms in total. The summed E-state index contributed by atoms with van der Waals surface area (Å²) >= 11 is 0. The topological polar surface area (TPSA) is 37.8 Å². The molecule has 1 saturated carbocycles. The van der Waals surface area contributed by atoms with Crippen molar-refractivity contribution >= 4 is 5.82 Å². The van der Waals surface area contributed by atoms with E-state index < -0.39 is 0 Å². The van der Waals surface area contributed by atoms with E-state index in [1.165, 1.54) is 25.7 Å². The van der Waals surface area contributed by atoms with Crippen molar-refractivity contribution in [1.29, 1.82) is 0 Å². The lowest BCUT2D eigenvalue weighted by Crippen LogP contribution is -2.31. The van der Waals surface area contributed by atoms with Crippen molar-refractivity contribution in [2.75, 3.05) is 5.32 Å². The molecule has 0 aromatic carbocycles. The molecule has 0 bridgehead atoms. The van der Waals surface area contributed by atoms with Crippen LogP contribution in [0.2, 0.25) is 0 Å². The molecular weight excluding hydrogens is 186 g/mol. The molecule has 0 unspecified atom stereocenters. The lowest BCUT2D eigenvalue weighted by Gasteiger charge is -2.26. The standard InChI is InChI=1S/C12H19N3/c1-9-8-11(14-10(2)13-9)15-12(3)6-4-5-7-12/h8H,4-7H2,1-3H3,(H,13,14,15).